The molecule has 0 spiro atoms. The zero-order valence-corrected chi connectivity index (χ0v) is 19.1. The van der Waals surface area contributed by atoms with Crippen LogP contribution in [0.5, 0.6) is 11.6 Å². The smallest absolute Gasteiger partial charge is 0.416 e. The SMILES string of the molecule is COc1ccc2c(c1)c(OC(=O)c1cc(C(F)(F)F)cc(C(F)(F)F)c1)nn2Cc1cccc([N+](=O)[O-])c1. The second-order valence-corrected chi connectivity index (χ2v) is 7.96. The van der Waals surface area contributed by atoms with E-state index in [1.165, 1.54) is 42.1 Å². The number of nitro benzene ring substituents is 1. The molecule has 0 aliphatic carbocycles. The second kappa shape index (κ2) is 9.68. The number of non-ortho nitro benzene ring substituents is 1. The van der Waals surface area contributed by atoms with Gasteiger partial charge in [0.1, 0.15) is 5.75 Å². The van der Waals surface area contributed by atoms with Gasteiger partial charge in [0.25, 0.3) is 5.69 Å². The molecule has 0 fully saturated rings. The van der Waals surface area contributed by atoms with Gasteiger partial charge >= 0.3 is 18.3 Å². The molecule has 0 radical (unpaired) electrons. The van der Waals surface area contributed by atoms with Crippen molar-refractivity contribution in [3.63, 3.8) is 0 Å². The summed E-state index contributed by atoms with van der Waals surface area (Å²) in [5.41, 5.74) is -3.73. The number of benzene rings is 3. The summed E-state index contributed by atoms with van der Waals surface area (Å²) in [7, 11) is 1.35. The third kappa shape index (κ3) is 5.53. The van der Waals surface area contributed by atoms with Gasteiger partial charge in [-0.05, 0) is 42.0 Å². The van der Waals surface area contributed by atoms with Gasteiger partial charge in [-0.25, -0.2) is 4.79 Å². The first-order chi connectivity index (χ1) is 17.8. The number of alkyl halides is 6. The number of hydrogen-bond acceptors (Lipinski definition) is 6. The Hall–Kier alpha value is -4.62. The molecule has 0 saturated carbocycles. The largest absolute Gasteiger partial charge is 0.497 e. The summed E-state index contributed by atoms with van der Waals surface area (Å²) < 4.78 is 90.9. The fourth-order valence-corrected chi connectivity index (χ4v) is 3.61. The lowest BCUT2D eigenvalue weighted by Crippen LogP contribution is -2.16. The standard InChI is InChI=1S/C24H15F6N3O5/c1-37-18-5-6-20-19(11-18)21(31-32(20)12-13-3-2-4-17(7-13)33(35)36)38-22(34)14-8-15(23(25,26)27)10-16(9-14)24(28,29)30/h2-11H,12H2,1H3. The lowest BCUT2D eigenvalue weighted by atomic mass is 10.0. The Morgan fingerprint density at radius 1 is 0.974 bits per heavy atom. The molecule has 0 bridgehead atoms. The van der Waals surface area contributed by atoms with E-state index in [2.05, 4.69) is 5.10 Å². The summed E-state index contributed by atoms with van der Waals surface area (Å²) in [6, 6.07) is 10.5. The zero-order valence-electron chi connectivity index (χ0n) is 19.1. The lowest BCUT2D eigenvalue weighted by Gasteiger charge is -2.13. The van der Waals surface area contributed by atoms with Crippen molar-refractivity contribution in [1.29, 1.82) is 0 Å². The number of ether oxygens (including phenoxy) is 2. The third-order valence-corrected chi connectivity index (χ3v) is 5.39. The molecule has 14 heteroatoms. The van der Waals surface area contributed by atoms with E-state index in [0.29, 0.717) is 16.8 Å². The van der Waals surface area contributed by atoms with E-state index in [4.69, 9.17) is 9.47 Å². The zero-order chi connectivity index (χ0) is 27.8. The molecule has 1 heterocycles. The number of nitrogens with zero attached hydrogens (tertiary/aromatic N) is 3. The summed E-state index contributed by atoms with van der Waals surface area (Å²) in [4.78, 5) is 23.2. The summed E-state index contributed by atoms with van der Waals surface area (Å²) in [5, 5.41) is 15.4. The quantitative estimate of drug-likeness (QED) is 0.124. The van der Waals surface area contributed by atoms with E-state index < -0.39 is 45.8 Å². The predicted molar refractivity (Wildman–Crippen MR) is 120 cm³/mol. The minimum atomic E-state index is -5.16. The van der Waals surface area contributed by atoms with Crippen molar-refractivity contribution in [3.05, 3.63) is 93.0 Å². The molecular weight excluding hydrogens is 524 g/mol. The van der Waals surface area contributed by atoms with Gasteiger partial charge in [-0.15, -0.1) is 5.10 Å². The Balaban J connectivity index is 1.76. The summed E-state index contributed by atoms with van der Waals surface area (Å²) >= 11 is 0. The highest BCUT2D eigenvalue weighted by Gasteiger charge is 2.38. The molecule has 0 atom stereocenters. The molecule has 4 rings (SSSR count). The summed E-state index contributed by atoms with van der Waals surface area (Å²) in [6.45, 7) is -0.0379. The average molecular weight is 539 g/mol. The minimum Gasteiger partial charge on any atom is -0.497 e. The topological polar surface area (TPSA) is 96.5 Å². The first-order valence-corrected chi connectivity index (χ1v) is 10.6. The van der Waals surface area contributed by atoms with Crippen molar-refractivity contribution in [2.75, 3.05) is 7.11 Å². The number of carbonyl (C=O) groups excluding carboxylic acids is 1. The van der Waals surface area contributed by atoms with Gasteiger partial charge < -0.3 is 9.47 Å². The molecule has 0 unspecified atom stereocenters. The minimum absolute atomic E-state index is 0.0379. The van der Waals surface area contributed by atoms with Crippen LogP contribution in [0.2, 0.25) is 0 Å². The number of nitro groups is 1. The maximum absolute atomic E-state index is 13.2. The van der Waals surface area contributed by atoms with E-state index >= 15 is 0 Å². The van der Waals surface area contributed by atoms with Gasteiger partial charge in [0.2, 0.25) is 5.88 Å². The number of fused-ring (bicyclic) bond motifs is 1. The highest BCUT2D eigenvalue weighted by molar-refractivity contribution is 5.95. The van der Waals surface area contributed by atoms with Crippen molar-refractivity contribution in [2.24, 2.45) is 0 Å². The lowest BCUT2D eigenvalue weighted by molar-refractivity contribution is -0.384. The van der Waals surface area contributed by atoms with Crippen molar-refractivity contribution in [2.45, 2.75) is 18.9 Å². The van der Waals surface area contributed by atoms with E-state index in [1.54, 1.807) is 12.1 Å². The summed E-state index contributed by atoms with van der Waals surface area (Å²) in [5.74, 6) is -1.63. The van der Waals surface area contributed by atoms with Crippen molar-refractivity contribution in [1.82, 2.24) is 9.78 Å². The second-order valence-electron chi connectivity index (χ2n) is 7.96. The van der Waals surface area contributed by atoms with Crippen LogP contribution in [0.3, 0.4) is 0 Å². The Morgan fingerprint density at radius 2 is 1.63 bits per heavy atom. The molecule has 0 saturated heterocycles. The number of hydrogen-bond donors (Lipinski definition) is 0. The highest BCUT2D eigenvalue weighted by Crippen LogP contribution is 2.37. The molecule has 198 valence electrons. The van der Waals surface area contributed by atoms with Crippen LogP contribution in [0, 0.1) is 10.1 Å². The molecule has 4 aromatic rings. The van der Waals surface area contributed by atoms with Crippen LogP contribution in [0.15, 0.2) is 60.7 Å². The Morgan fingerprint density at radius 3 is 2.21 bits per heavy atom. The molecular formula is C24H15F6N3O5. The molecule has 38 heavy (non-hydrogen) atoms. The van der Waals surface area contributed by atoms with Crippen LogP contribution in [0.25, 0.3) is 10.9 Å². The summed E-state index contributed by atoms with van der Waals surface area (Å²) in [6.07, 6.45) is -10.3. The monoisotopic (exact) mass is 539 g/mol. The van der Waals surface area contributed by atoms with Crippen LogP contribution >= 0.6 is 0 Å². The van der Waals surface area contributed by atoms with Crippen LogP contribution in [0.4, 0.5) is 32.0 Å². The Kier molecular flexibility index (Phi) is 6.74. The molecule has 0 N–H and O–H groups in total. The average Bonchev–Trinajstić information content (AvgIpc) is 3.18. The fraction of sp³-hybridized carbons (Fsp3) is 0.167. The van der Waals surface area contributed by atoms with E-state index in [1.807, 2.05) is 0 Å². The molecule has 0 amide bonds. The van der Waals surface area contributed by atoms with Crippen LogP contribution in [-0.4, -0.2) is 27.8 Å². The molecule has 0 aliphatic heterocycles. The van der Waals surface area contributed by atoms with E-state index in [9.17, 15) is 41.3 Å². The van der Waals surface area contributed by atoms with Crippen LogP contribution < -0.4 is 9.47 Å². The maximum atomic E-state index is 13.2. The van der Waals surface area contributed by atoms with Crippen LogP contribution in [-0.2, 0) is 18.9 Å². The first kappa shape index (κ1) is 26.4. The van der Waals surface area contributed by atoms with E-state index in [-0.39, 0.29) is 35.8 Å². The normalized spacial score (nSPS) is 12.0. The van der Waals surface area contributed by atoms with Gasteiger partial charge in [-0.1, -0.05) is 12.1 Å². The number of carbonyl (C=O) groups is 1. The van der Waals surface area contributed by atoms with Gasteiger partial charge in [-0.3, -0.25) is 14.8 Å². The van der Waals surface area contributed by atoms with Crippen molar-refractivity contribution >= 4 is 22.6 Å². The number of rotatable bonds is 6. The van der Waals surface area contributed by atoms with Crippen molar-refractivity contribution in [3.8, 4) is 11.6 Å². The fourth-order valence-electron chi connectivity index (χ4n) is 3.61. The number of esters is 1. The van der Waals surface area contributed by atoms with Crippen molar-refractivity contribution < 1.29 is 45.5 Å². The third-order valence-electron chi connectivity index (χ3n) is 5.39. The van der Waals surface area contributed by atoms with E-state index in [0.717, 1.165) is 0 Å². The Bertz CT molecular complexity index is 1510. The van der Waals surface area contributed by atoms with Gasteiger partial charge in [-0.2, -0.15) is 26.3 Å². The van der Waals surface area contributed by atoms with Gasteiger partial charge in [0.15, 0.2) is 0 Å². The number of halogens is 6. The first-order valence-electron chi connectivity index (χ1n) is 10.6. The van der Waals surface area contributed by atoms with Crippen LogP contribution in [0.1, 0.15) is 27.0 Å². The van der Waals surface area contributed by atoms with Gasteiger partial charge in [0.05, 0.1) is 46.2 Å². The molecule has 8 nitrogen and oxygen atoms in total. The molecule has 1 aromatic heterocycles. The van der Waals surface area contributed by atoms with Gasteiger partial charge in [0, 0.05) is 12.1 Å². The molecule has 3 aromatic carbocycles. The number of methoxy groups -OCH3 is 1. The number of aromatic nitrogens is 2. The predicted octanol–water partition coefficient (Wildman–Crippen LogP) is 6.26. The maximum Gasteiger partial charge on any atom is 0.416 e. The molecule has 0 aliphatic rings. The highest BCUT2D eigenvalue weighted by atomic mass is 19.4. The Labute approximate surface area is 209 Å².